The van der Waals surface area contributed by atoms with Gasteiger partial charge in [0, 0.05) is 6.04 Å². The van der Waals surface area contributed by atoms with Gasteiger partial charge in [-0.05, 0) is 35.9 Å². The van der Waals surface area contributed by atoms with Gasteiger partial charge in [0.2, 0.25) is 0 Å². The molecule has 2 rings (SSSR count). The molecule has 82 valence electrons. The zero-order valence-corrected chi connectivity index (χ0v) is 10.0. The van der Waals surface area contributed by atoms with E-state index in [2.05, 4.69) is 50.4 Å². The SMILES string of the molecule is CC(C)(C)c1ccccc1C1CCCN1. The molecule has 1 aromatic carbocycles. The first kappa shape index (κ1) is 10.7. The van der Waals surface area contributed by atoms with Crippen LogP contribution in [0.15, 0.2) is 24.3 Å². The van der Waals surface area contributed by atoms with Gasteiger partial charge in [-0.1, -0.05) is 45.0 Å². The van der Waals surface area contributed by atoms with Crippen LogP contribution in [-0.2, 0) is 5.41 Å². The van der Waals surface area contributed by atoms with E-state index in [9.17, 15) is 0 Å². The zero-order valence-electron chi connectivity index (χ0n) is 10.0. The highest BCUT2D eigenvalue weighted by Gasteiger charge is 2.23. The maximum atomic E-state index is 3.59. The molecule has 1 nitrogen and oxygen atoms in total. The van der Waals surface area contributed by atoms with Crippen LogP contribution in [0.3, 0.4) is 0 Å². The predicted octanol–water partition coefficient (Wildman–Crippen LogP) is 3.41. The average molecular weight is 203 g/mol. The summed E-state index contributed by atoms with van der Waals surface area (Å²) < 4.78 is 0. The largest absolute Gasteiger partial charge is 0.310 e. The van der Waals surface area contributed by atoms with E-state index in [4.69, 9.17) is 0 Å². The smallest absolute Gasteiger partial charge is 0.0323 e. The van der Waals surface area contributed by atoms with E-state index in [1.165, 1.54) is 30.5 Å². The van der Waals surface area contributed by atoms with Crippen LogP contribution in [0.1, 0.15) is 50.8 Å². The van der Waals surface area contributed by atoms with Crippen LogP contribution >= 0.6 is 0 Å². The highest BCUT2D eigenvalue weighted by molar-refractivity contribution is 5.35. The van der Waals surface area contributed by atoms with E-state index in [-0.39, 0.29) is 5.41 Å². The molecule has 1 aromatic rings. The Morgan fingerprint density at radius 1 is 1.20 bits per heavy atom. The third kappa shape index (κ3) is 2.23. The standard InChI is InChI=1S/C14H21N/c1-14(2,3)12-8-5-4-7-11(12)13-9-6-10-15-13/h4-5,7-8,13,15H,6,9-10H2,1-3H3. The number of nitrogens with one attached hydrogen (secondary N) is 1. The number of benzene rings is 1. The molecule has 0 amide bonds. The van der Waals surface area contributed by atoms with Crippen molar-refractivity contribution < 1.29 is 0 Å². The Morgan fingerprint density at radius 3 is 2.53 bits per heavy atom. The first-order valence-corrected chi connectivity index (χ1v) is 5.92. The Balaban J connectivity index is 2.37. The fourth-order valence-corrected chi connectivity index (χ4v) is 2.43. The summed E-state index contributed by atoms with van der Waals surface area (Å²) in [4.78, 5) is 0. The van der Waals surface area contributed by atoms with Crippen molar-refractivity contribution in [3.8, 4) is 0 Å². The van der Waals surface area contributed by atoms with Crippen molar-refractivity contribution in [1.29, 1.82) is 0 Å². The molecule has 1 aliphatic rings. The van der Waals surface area contributed by atoms with Crippen LogP contribution in [0.25, 0.3) is 0 Å². The van der Waals surface area contributed by atoms with E-state index in [1.54, 1.807) is 0 Å². The second-order valence-corrected chi connectivity index (χ2v) is 5.49. The van der Waals surface area contributed by atoms with Crippen molar-refractivity contribution in [3.05, 3.63) is 35.4 Å². The van der Waals surface area contributed by atoms with Gasteiger partial charge in [0.05, 0.1) is 0 Å². The Kier molecular flexibility index (Phi) is 2.83. The molecule has 1 heterocycles. The molecule has 0 aromatic heterocycles. The first-order chi connectivity index (χ1) is 7.09. The van der Waals surface area contributed by atoms with Crippen molar-refractivity contribution in [2.45, 2.75) is 45.1 Å². The Hall–Kier alpha value is -0.820. The van der Waals surface area contributed by atoms with Crippen LogP contribution in [-0.4, -0.2) is 6.54 Å². The Bertz CT molecular complexity index is 329. The molecule has 1 fully saturated rings. The molecule has 1 aliphatic heterocycles. The van der Waals surface area contributed by atoms with Gasteiger partial charge < -0.3 is 5.32 Å². The summed E-state index contributed by atoms with van der Waals surface area (Å²) in [5, 5.41) is 3.59. The highest BCUT2D eigenvalue weighted by Crippen LogP contribution is 2.32. The van der Waals surface area contributed by atoms with E-state index in [0.717, 1.165) is 0 Å². The molecule has 1 atom stereocenters. The lowest BCUT2D eigenvalue weighted by Gasteiger charge is -2.25. The molecular weight excluding hydrogens is 182 g/mol. The molecule has 1 heteroatoms. The third-order valence-corrected chi connectivity index (χ3v) is 3.20. The number of hydrogen-bond acceptors (Lipinski definition) is 1. The van der Waals surface area contributed by atoms with E-state index < -0.39 is 0 Å². The lowest BCUT2D eigenvalue weighted by molar-refractivity contribution is 0.557. The second kappa shape index (κ2) is 3.97. The molecule has 1 saturated heterocycles. The molecule has 0 bridgehead atoms. The van der Waals surface area contributed by atoms with Crippen molar-refractivity contribution in [1.82, 2.24) is 5.32 Å². The van der Waals surface area contributed by atoms with Crippen molar-refractivity contribution in [2.24, 2.45) is 0 Å². The number of rotatable bonds is 1. The molecule has 1 N–H and O–H groups in total. The van der Waals surface area contributed by atoms with Gasteiger partial charge in [0.15, 0.2) is 0 Å². The second-order valence-electron chi connectivity index (χ2n) is 5.49. The fourth-order valence-electron chi connectivity index (χ4n) is 2.43. The summed E-state index contributed by atoms with van der Waals surface area (Å²) in [7, 11) is 0. The monoisotopic (exact) mass is 203 g/mol. The summed E-state index contributed by atoms with van der Waals surface area (Å²) in [6, 6.07) is 9.45. The average Bonchev–Trinajstić information content (AvgIpc) is 2.69. The lowest BCUT2D eigenvalue weighted by Crippen LogP contribution is -2.20. The summed E-state index contributed by atoms with van der Waals surface area (Å²) in [6.07, 6.45) is 2.59. The summed E-state index contributed by atoms with van der Waals surface area (Å²) in [6.45, 7) is 8.05. The van der Waals surface area contributed by atoms with Crippen molar-refractivity contribution in [3.63, 3.8) is 0 Å². The Labute approximate surface area is 92.9 Å². The summed E-state index contributed by atoms with van der Waals surface area (Å²) in [5.41, 5.74) is 3.24. The topological polar surface area (TPSA) is 12.0 Å². The van der Waals surface area contributed by atoms with Gasteiger partial charge in [-0.15, -0.1) is 0 Å². The Morgan fingerprint density at radius 2 is 1.93 bits per heavy atom. The highest BCUT2D eigenvalue weighted by atomic mass is 14.9. The van der Waals surface area contributed by atoms with Crippen LogP contribution in [0.2, 0.25) is 0 Å². The van der Waals surface area contributed by atoms with Crippen LogP contribution in [0.5, 0.6) is 0 Å². The predicted molar refractivity (Wildman–Crippen MR) is 65.1 cm³/mol. The van der Waals surface area contributed by atoms with Gasteiger partial charge in [-0.25, -0.2) is 0 Å². The molecule has 15 heavy (non-hydrogen) atoms. The molecule has 0 saturated carbocycles. The number of hydrogen-bond donors (Lipinski definition) is 1. The molecule has 0 radical (unpaired) electrons. The molecular formula is C14H21N. The minimum Gasteiger partial charge on any atom is -0.310 e. The zero-order chi connectivity index (χ0) is 10.9. The summed E-state index contributed by atoms with van der Waals surface area (Å²) in [5.74, 6) is 0. The van der Waals surface area contributed by atoms with E-state index in [1.807, 2.05) is 0 Å². The normalized spacial score (nSPS) is 21.9. The molecule has 0 aliphatic carbocycles. The van der Waals surface area contributed by atoms with Crippen molar-refractivity contribution in [2.75, 3.05) is 6.54 Å². The van der Waals surface area contributed by atoms with Gasteiger partial charge in [-0.3, -0.25) is 0 Å². The fraction of sp³-hybridized carbons (Fsp3) is 0.571. The van der Waals surface area contributed by atoms with Gasteiger partial charge in [0.25, 0.3) is 0 Å². The molecule has 0 spiro atoms. The third-order valence-electron chi connectivity index (χ3n) is 3.20. The van der Waals surface area contributed by atoms with E-state index >= 15 is 0 Å². The first-order valence-electron chi connectivity index (χ1n) is 5.92. The van der Waals surface area contributed by atoms with Crippen LogP contribution in [0.4, 0.5) is 0 Å². The van der Waals surface area contributed by atoms with Gasteiger partial charge in [0.1, 0.15) is 0 Å². The minimum absolute atomic E-state index is 0.251. The maximum Gasteiger partial charge on any atom is 0.0323 e. The van der Waals surface area contributed by atoms with Crippen LogP contribution in [0, 0.1) is 0 Å². The lowest BCUT2D eigenvalue weighted by atomic mass is 9.81. The maximum absolute atomic E-state index is 3.59. The van der Waals surface area contributed by atoms with E-state index in [0.29, 0.717) is 6.04 Å². The minimum atomic E-state index is 0.251. The van der Waals surface area contributed by atoms with Crippen LogP contribution < -0.4 is 5.32 Å². The molecule has 1 unspecified atom stereocenters. The van der Waals surface area contributed by atoms with Crippen molar-refractivity contribution >= 4 is 0 Å². The van der Waals surface area contributed by atoms with Gasteiger partial charge >= 0.3 is 0 Å². The quantitative estimate of drug-likeness (QED) is 0.737. The summed E-state index contributed by atoms with van der Waals surface area (Å²) >= 11 is 0. The van der Waals surface area contributed by atoms with Gasteiger partial charge in [-0.2, -0.15) is 0 Å².